The van der Waals surface area contributed by atoms with Gasteiger partial charge in [-0.2, -0.15) is 0 Å². The molecule has 4 heteroatoms. The highest BCUT2D eigenvalue weighted by atomic mass is 19.1. The number of benzene rings is 1. The monoisotopic (exact) mass is 241 g/mol. The van der Waals surface area contributed by atoms with Gasteiger partial charge in [0.05, 0.1) is 0 Å². The molecule has 1 aromatic rings. The average Bonchev–Trinajstić information content (AvgIpc) is 2.19. The summed E-state index contributed by atoms with van der Waals surface area (Å²) >= 11 is 0. The molecule has 0 aliphatic carbocycles. The third-order valence-corrected chi connectivity index (χ3v) is 2.38. The van der Waals surface area contributed by atoms with E-state index in [0.717, 1.165) is 6.07 Å². The van der Waals surface area contributed by atoms with E-state index in [1.54, 1.807) is 20.8 Å². The normalized spacial score (nSPS) is 11.4. The van der Waals surface area contributed by atoms with E-state index < -0.39 is 17.0 Å². The number of nitrogens with one attached hydrogen (secondary N) is 1. The zero-order valence-electron chi connectivity index (χ0n) is 10.3. The predicted molar refractivity (Wildman–Crippen MR) is 62.5 cm³/mol. The van der Waals surface area contributed by atoms with Crippen molar-refractivity contribution in [3.8, 4) is 0 Å². The van der Waals surface area contributed by atoms with Crippen LogP contribution in [0.2, 0.25) is 0 Å². The van der Waals surface area contributed by atoms with E-state index in [2.05, 4.69) is 5.32 Å². The molecular formula is C13H17F2NO. The summed E-state index contributed by atoms with van der Waals surface area (Å²) in [6.07, 6.45) is 0.355. The van der Waals surface area contributed by atoms with Crippen LogP contribution in [0.15, 0.2) is 18.2 Å². The fourth-order valence-electron chi connectivity index (χ4n) is 1.30. The maximum atomic E-state index is 13.3. The molecule has 1 N–H and O–H groups in total. The molecule has 0 aromatic heterocycles. The lowest BCUT2D eigenvalue weighted by molar-refractivity contribution is -0.128. The second kappa shape index (κ2) is 5.25. The molecule has 0 spiro atoms. The quantitative estimate of drug-likeness (QED) is 0.866. The molecule has 0 saturated heterocycles. The van der Waals surface area contributed by atoms with Gasteiger partial charge in [0.1, 0.15) is 11.6 Å². The van der Waals surface area contributed by atoms with Gasteiger partial charge in [-0.3, -0.25) is 4.79 Å². The first-order valence-electron chi connectivity index (χ1n) is 5.53. The Bertz CT molecular complexity index is 410. The van der Waals surface area contributed by atoms with Crippen LogP contribution in [0.4, 0.5) is 8.78 Å². The van der Waals surface area contributed by atoms with E-state index in [9.17, 15) is 13.6 Å². The number of carbonyl (C=O) groups is 1. The van der Waals surface area contributed by atoms with Crippen molar-refractivity contribution in [3.05, 3.63) is 35.4 Å². The Morgan fingerprint density at radius 1 is 1.29 bits per heavy atom. The van der Waals surface area contributed by atoms with Crippen molar-refractivity contribution in [3.63, 3.8) is 0 Å². The number of hydrogen-bond donors (Lipinski definition) is 1. The summed E-state index contributed by atoms with van der Waals surface area (Å²) in [5.74, 6) is -1.25. The van der Waals surface area contributed by atoms with Crippen LogP contribution in [-0.2, 0) is 11.2 Å². The lowest BCUT2D eigenvalue weighted by atomic mass is 9.95. The first-order chi connectivity index (χ1) is 7.80. The van der Waals surface area contributed by atoms with Crippen molar-refractivity contribution < 1.29 is 13.6 Å². The summed E-state index contributed by atoms with van der Waals surface area (Å²) in [5, 5.41) is 2.71. The van der Waals surface area contributed by atoms with Gasteiger partial charge in [0.2, 0.25) is 5.91 Å². The Kier molecular flexibility index (Phi) is 4.21. The number of halogens is 2. The molecule has 0 radical (unpaired) electrons. The van der Waals surface area contributed by atoms with Crippen molar-refractivity contribution in [2.75, 3.05) is 6.54 Å². The average molecular weight is 241 g/mol. The summed E-state index contributed by atoms with van der Waals surface area (Å²) in [6.45, 7) is 5.76. The highest BCUT2D eigenvalue weighted by molar-refractivity contribution is 5.81. The Hall–Kier alpha value is -1.45. The van der Waals surface area contributed by atoms with Crippen LogP contribution >= 0.6 is 0 Å². The molecule has 1 rings (SSSR count). The summed E-state index contributed by atoms with van der Waals surface area (Å²) < 4.78 is 25.9. The Balaban J connectivity index is 2.49. The second-order valence-electron chi connectivity index (χ2n) is 4.99. The smallest absolute Gasteiger partial charge is 0.225 e. The number of amides is 1. The minimum atomic E-state index is -0.593. The second-order valence-corrected chi connectivity index (χ2v) is 4.99. The highest BCUT2D eigenvalue weighted by Crippen LogP contribution is 2.13. The molecule has 1 aromatic carbocycles. The Labute approximate surface area is 100 Å². The van der Waals surface area contributed by atoms with Crippen LogP contribution in [0.5, 0.6) is 0 Å². The molecule has 17 heavy (non-hydrogen) atoms. The lowest BCUT2D eigenvalue weighted by Gasteiger charge is -2.17. The van der Waals surface area contributed by atoms with Crippen LogP contribution in [0.25, 0.3) is 0 Å². The summed E-state index contributed by atoms with van der Waals surface area (Å²) in [7, 11) is 0. The standard InChI is InChI=1S/C13H17F2NO/c1-13(2,3)12(17)16-7-6-9-4-5-10(14)8-11(9)15/h4-5,8H,6-7H2,1-3H3,(H,16,17). The molecule has 0 aliphatic heterocycles. The van der Waals surface area contributed by atoms with Crippen LogP contribution in [0, 0.1) is 17.0 Å². The molecule has 0 saturated carbocycles. The van der Waals surface area contributed by atoms with Crippen LogP contribution in [0.3, 0.4) is 0 Å². The van der Waals surface area contributed by atoms with Crippen LogP contribution in [-0.4, -0.2) is 12.5 Å². The van der Waals surface area contributed by atoms with E-state index in [1.165, 1.54) is 12.1 Å². The van der Waals surface area contributed by atoms with Gasteiger partial charge >= 0.3 is 0 Å². The lowest BCUT2D eigenvalue weighted by Crippen LogP contribution is -2.36. The van der Waals surface area contributed by atoms with Gasteiger partial charge < -0.3 is 5.32 Å². The molecule has 0 unspecified atom stereocenters. The number of hydrogen-bond acceptors (Lipinski definition) is 1. The van der Waals surface area contributed by atoms with Gasteiger partial charge in [0.15, 0.2) is 0 Å². The van der Waals surface area contributed by atoms with E-state index in [4.69, 9.17) is 0 Å². The molecule has 2 nitrogen and oxygen atoms in total. The fraction of sp³-hybridized carbons (Fsp3) is 0.462. The van der Waals surface area contributed by atoms with Crippen molar-refractivity contribution in [2.24, 2.45) is 5.41 Å². The zero-order valence-corrected chi connectivity index (χ0v) is 10.3. The van der Waals surface area contributed by atoms with Gasteiger partial charge in [-0.25, -0.2) is 8.78 Å². The van der Waals surface area contributed by atoms with Crippen molar-refractivity contribution >= 4 is 5.91 Å². The van der Waals surface area contributed by atoms with Crippen molar-refractivity contribution in [1.29, 1.82) is 0 Å². The fourth-order valence-corrected chi connectivity index (χ4v) is 1.30. The van der Waals surface area contributed by atoms with Gasteiger partial charge in [-0.05, 0) is 18.1 Å². The largest absolute Gasteiger partial charge is 0.355 e. The maximum Gasteiger partial charge on any atom is 0.225 e. The predicted octanol–water partition coefficient (Wildman–Crippen LogP) is 2.67. The van der Waals surface area contributed by atoms with E-state index in [-0.39, 0.29) is 5.91 Å². The van der Waals surface area contributed by atoms with Crippen LogP contribution in [0.1, 0.15) is 26.3 Å². The molecule has 0 atom stereocenters. The van der Waals surface area contributed by atoms with Gasteiger partial charge in [0.25, 0.3) is 0 Å². The Morgan fingerprint density at radius 3 is 2.47 bits per heavy atom. The van der Waals surface area contributed by atoms with Gasteiger partial charge in [-0.1, -0.05) is 26.8 Å². The molecule has 0 heterocycles. The third kappa shape index (κ3) is 4.13. The molecule has 94 valence electrons. The SMILES string of the molecule is CC(C)(C)C(=O)NCCc1ccc(F)cc1F. The van der Waals surface area contributed by atoms with E-state index >= 15 is 0 Å². The zero-order chi connectivity index (χ0) is 13.1. The maximum absolute atomic E-state index is 13.3. The number of rotatable bonds is 3. The molecule has 0 aliphatic rings. The molecule has 1 amide bonds. The minimum Gasteiger partial charge on any atom is -0.355 e. The number of carbonyl (C=O) groups excluding carboxylic acids is 1. The van der Waals surface area contributed by atoms with Crippen molar-refractivity contribution in [1.82, 2.24) is 5.32 Å². The molecule has 0 bridgehead atoms. The first kappa shape index (κ1) is 13.6. The molecule has 0 fully saturated rings. The van der Waals surface area contributed by atoms with Gasteiger partial charge in [-0.15, -0.1) is 0 Å². The summed E-state index contributed by atoms with van der Waals surface area (Å²) in [4.78, 5) is 11.5. The summed E-state index contributed by atoms with van der Waals surface area (Å²) in [6, 6.07) is 3.46. The summed E-state index contributed by atoms with van der Waals surface area (Å²) in [5.41, 5.74) is -0.0537. The van der Waals surface area contributed by atoms with E-state index in [1.807, 2.05) is 0 Å². The first-order valence-corrected chi connectivity index (χ1v) is 5.53. The molecular weight excluding hydrogens is 224 g/mol. The van der Waals surface area contributed by atoms with E-state index in [0.29, 0.717) is 18.5 Å². The highest BCUT2D eigenvalue weighted by Gasteiger charge is 2.20. The van der Waals surface area contributed by atoms with Gasteiger partial charge in [0, 0.05) is 18.0 Å². The minimum absolute atomic E-state index is 0.0833. The topological polar surface area (TPSA) is 29.1 Å². The van der Waals surface area contributed by atoms with Crippen molar-refractivity contribution in [2.45, 2.75) is 27.2 Å². The third-order valence-electron chi connectivity index (χ3n) is 2.38. The van der Waals surface area contributed by atoms with Crippen LogP contribution < -0.4 is 5.32 Å². The Morgan fingerprint density at radius 2 is 1.94 bits per heavy atom.